The maximum absolute atomic E-state index is 5.50. The van der Waals surface area contributed by atoms with Gasteiger partial charge in [-0.1, -0.05) is 6.92 Å². The molecule has 1 fully saturated rings. The van der Waals surface area contributed by atoms with Crippen LogP contribution in [0, 0.1) is 5.92 Å². The summed E-state index contributed by atoms with van der Waals surface area (Å²) in [4.78, 5) is 15.7. The molecule has 6 nitrogen and oxygen atoms in total. The van der Waals surface area contributed by atoms with Crippen molar-refractivity contribution >= 4 is 27.4 Å². The number of ether oxygens (including phenoxy) is 1. The number of aryl methyl sites for hydroxylation is 1. The lowest BCUT2D eigenvalue weighted by molar-refractivity contribution is -0.922. The van der Waals surface area contributed by atoms with Gasteiger partial charge in [-0.2, -0.15) is 0 Å². The van der Waals surface area contributed by atoms with Crippen molar-refractivity contribution < 1.29 is 14.5 Å². The number of aromatic nitrogens is 2. The summed E-state index contributed by atoms with van der Waals surface area (Å²) in [5.41, 5.74) is 1.51. The molecule has 0 unspecified atom stereocenters. The molecule has 0 spiro atoms. The van der Waals surface area contributed by atoms with Crippen LogP contribution in [0.15, 0.2) is 0 Å². The van der Waals surface area contributed by atoms with Crippen molar-refractivity contribution in [1.29, 1.82) is 0 Å². The van der Waals surface area contributed by atoms with Crippen molar-refractivity contribution in [3.8, 4) is 0 Å². The fourth-order valence-electron chi connectivity index (χ4n) is 4.08. The summed E-state index contributed by atoms with van der Waals surface area (Å²) in [5.74, 6) is 2.83. The van der Waals surface area contributed by atoms with Gasteiger partial charge in [0.25, 0.3) is 0 Å². The van der Waals surface area contributed by atoms with Gasteiger partial charge in [0.2, 0.25) is 0 Å². The first-order valence-electron chi connectivity index (χ1n) is 10.4. The van der Waals surface area contributed by atoms with Crippen LogP contribution in [0.4, 0.5) is 5.82 Å². The molecule has 1 aliphatic carbocycles. The molecule has 2 aromatic heterocycles. The molecule has 148 valence electrons. The molecule has 4 rings (SSSR count). The minimum Gasteiger partial charge on any atom is -0.370 e. The highest BCUT2D eigenvalue weighted by Crippen LogP contribution is 2.39. The molecule has 1 aliphatic heterocycles. The van der Waals surface area contributed by atoms with E-state index in [2.05, 4.69) is 26.3 Å². The van der Waals surface area contributed by atoms with E-state index < -0.39 is 0 Å². The Kier molecular flexibility index (Phi) is 5.92. The predicted octanol–water partition coefficient (Wildman–Crippen LogP) is -0.212. The largest absolute Gasteiger partial charge is 0.370 e. The third kappa shape index (κ3) is 4.42. The first kappa shape index (κ1) is 19.1. The zero-order valence-corrected chi connectivity index (χ0v) is 17.7. The number of morpholine rings is 1. The average Bonchev–Trinajstić information content (AvgIpc) is 2.99. The van der Waals surface area contributed by atoms with Gasteiger partial charge in [-0.25, -0.2) is 9.97 Å². The Morgan fingerprint density at radius 2 is 2.07 bits per heavy atom. The zero-order valence-electron chi connectivity index (χ0n) is 16.9. The maximum Gasteiger partial charge on any atom is 0.187 e. The van der Waals surface area contributed by atoms with E-state index >= 15 is 0 Å². The number of nitrogens with zero attached hydrogens (tertiary/aromatic N) is 2. The van der Waals surface area contributed by atoms with Crippen LogP contribution >= 0.6 is 11.3 Å². The summed E-state index contributed by atoms with van der Waals surface area (Å²) in [5, 5.41) is 4.95. The minimum atomic E-state index is 0.782. The highest BCUT2D eigenvalue weighted by molar-refractivity contribution is 7.19. The SMILES string of the molecule is C[C@H]1CCc2c(sc3nc(C[NH+]4CCOCC4)nc(NCC[NH+](C)C)c23)C1. The second-order valence-electron chi connectivity index (χ2n) is 8.44. The summed E-state index contributed by atoms with van der Waals surface area (Å²) < 4.78 is 5.50. The number of likely N-dealkylation sites (N-methyl/N-ethyl adjacent to an activating group) is 1. The molecule has 0 aromatic carbocycles. The number of nitrogens with one attached hydrogen (secondary N) is 3. The summed E-state index contributed by atoms with van der Waals surface area (Å²) in [6.45, 7) is 9.08. The van der Waals surface area contributed by atoms with Gasteiger partial charge in [-0.15, -0.1) is 11.3 Å². The third-order valence-electron chi connectivity index (χ3n) is 5.73. The highest BCUT2D eigenvalue weighted by atomic mass is 32.1. The van der Waals surface area contributed by atoms with E-state index in [4.69, 9.17) is 14.7 Å². The van der Waals surface area contributed by atoms with Gasteiger partial charge in [0.15, 0.2) is 5.82 Å². The van der Waals surface area contributed by atoms with E-state index in [1.54, 1.807) is 0 Å². The van der Waals surface area contributed by atoms with Crippen molar-refractivity contribution in [1.82, 2.24) is 9.97 Å². The number of anilines is 1. The van der Waals surface area contributed by atoms with Gasteiger partial charge in [0.05, 0.1) is 45.8 Å². The Balaban J connectivity index is 1.65. The average molecular weight is 392 g/mol. The normalized spacial score (nSPS) is 21.0. The van der Waals surface area contributed by atoms with Crippen molar-refractivity contribution in [2.45, 2.75) is 32.7 Å². The van der Waals surface area contributed by atoms with Crippen LogP contribution in [0.5, 0.6) is 0 Å². The number of thiophene rings is 1. The van der Waals surface area contributed by atoms with E-state index in [9.17, 15) is 0 Å². The lowest BCUT2D eigenvalue weighted by Crippen LogP contribution is -3.12. The molecule has 2 aromatic rings. The van der Waals surface area contributed by atoms with Gasteiger partial charge >= 0.3 is 0 Å². The van der Waals surface area contributed by atoms with Crippen LogP contribution in [-0.2, 0) is 24.1 Å². The molecule has 1 saturated heterocycles. The van der Waals surface area contributed by atoms with Crippen LogP contribution in [0.1, 0.15) is 29.6 Å². The lowest BCUT2D eigenvalue weighted by Gasteiger charge is -2.23. The van der Waals surface area contributed by atoms with Gasteiger partial charge < -0.3 is 19.9 Å². The Morgan fingerprint density at radius 1 is 1.26 bits per heavy atom. The summed E-state index contributed by atoms with van der Waals surface area (Å²) >= 11 is 1.90. The topological polar surface area (TPSA) is 55.9 Å². The van der Waals surface area contributed by atoms with Gasteiger partial charge in [-0.05, 0) is 30.7 Å². The first-order chi connectivity index (χ1) is 13.1. The molecule has 7 heteroatoms. The second kappa shape index (κ2) is 8.39. The summed E-state index contributed by atoms with van der Waals surface area (Å²) in [7, 11) is 4.39. The van der Waals surface area contributed by atoms with Crippen LogP contribution in [-0.4, -0.2) is 63.5 Å². The fourth-order valence-corrected chi connectivity index (χ4v) is 5.49. The van der Waals surface area contributed by atoms with E-state index in [0.717, 1.165) is 63.5 Å². The van der Waals surface area contributed by atoms with Crippen LogP contribution in [0.25, 0.3) is 10.2 Å². The van der Waals surface area contributed by atoms with E-state index in [1.807, 2.05) is 11.3 Å². The van der Waals surface area contributed by atoms with Crippen LogP contribution in [0.2, 0.25) is 0 Å². The highest BCUT2D eigenvalue weighted by Gasteiger charge is 2.25. The molecular formula is C20H33N5OS+2. The molecular weight excluding hydrogens is 358 g/mol. The maximum atomic E-state index is 5.50. The number of fused-ring (bicyclic) bond motifs is 3. The molecule has 0 radical (unpaired) electrons. The Morgan fingerprint density at radius 3 is 2.85 bits per heavy atom. The molecule has 1 atom stereocenters. The van der Waals surface area contributed by atoms with Gasteiger partial charge in [0, 0.05) is 4.88 Å². The van der Waals surface area contributed by atoms with E-state index in [1.165, 1.54) is 49.7 Å². The van der Waals surface area contributed by atoms with Crippen LogP contribution < -0.4 is 15.1 Å². The molecule has 0 amide bonds. The predicted molar refractivity (Wildman–Crippen MR) is 110 cm³/mol. The molecule has 3 N–H and O–H groups in total. The molecule has 0 saturated carbocycles. The molecule has 2 aliphatic rings. The first-order valence-corrected chi connectivity index (χ1v) is 11.2. The molecule has 27 heavy (non-hydrogen) atoms. The molecule has 3 heterocycles. The second-order valence-corrected chi connectivity index (χ2v) is 9.53. The monoisotopic (exact) mass is 391 g/mol. The number of hydrogen-bond acceptors (Lipinski definition) is 5. The van der Waals surface area contributed by atoms with Crippen molar-refractivity contribution in [3.63, 3.8) is 0 Å². The minimum absolute atomic E-state index is 0.782. The number of rotatable bonds is 6. The van der Waals surface area contributed by atoms with E-state index in [-0.39, 0.29) is 0 Å². The quantitative estimate of drug-likeness (QED) is 0.638. The van der Waals surface area contributed by atoms with Gasteiger partial charge in [-0.3, -0.25) is 0 Å². The number of quaternary nitrogens is 2. The number of hydrogen-bond donors (Lipinski definition) is 3. The van der Waals surface area contributed by atoms with Crippen molar-refractivity contribution in [2.24, 2.45) is 5.92 Å². The fraction of sp³-hybridized carbons (Fsp3) is 0.700. The Labute approximate surface area is 165 Å². The zero-order chi connectivity index (χ0) is 18.8. The van der Waals surface area contributed by atoms with Crippen molar-refractivity contribution in [3.05, 3.63) is 16.3 Å². The van der Waals surface area contributed by atoms with Crippen LogP contribution in [0.3, 0.4) is 0 Å². The van der Waals surface area contributed by atoms with Crippen molar-refractivity contribution in [2.75, 3.05) is 58.8 Å². The standard InChI is InChI=1S/C20H31N5OS/c1-14-4-5-15-16(12-14)27-20-18(15)19(21-6-7-24(2)3)22-17(23-20)13-25-8-10-26-11-9-25/h14H,4-13H2,1-3H3,(H,21,22,23)/p+2/t14-/m0/s1. The summed E-state index contributed by atoms with van der Waals surface area (Å²) in [6, 6.07) is 0. The Hall–Kier alpha value is -1.28. The Bertz CT molecular complexity index is 784. The molecule has 0 bridgehead atoms. The third-order valence-corrected chi connectivity index (χ3v) is 6.88. The smallest absolute Gasteiger partial charge is 0.187 e. The van der Waals surface area contributed by atoms with E-state index in [0.29, 0.717) is 0 Å². The van der Waals surface area contributed by atoms with Gasteiger partial charge in [0.1, 0.15) is 30.3 Å². The summed E-state index contributed by atoms with van der Waals surface area (Å²) in [6.07, 6.45) is 3.64. The lowest BCUT2D eigenvalue weighted by atomic mass is 9.89.